The second-order valence-corrected chi connectivity index (χ2v) is 6.21. The second kappa shape index (κ2) is 7.06. The Morgan fingerprint density at radius 3 is 2.42 bits per heavy atom. The van der Waals surface area contributed by atoms with Gasteiger partial charge in [-0.05, 0) is 26.0 Å². The minimum absolute atomic E-state index is 0.125. The minimum Gasteiger partial charge on any atom is -0.350 e. The number of nitrogens with one attached hydrogen (secondary N) is 1. The molecular weight excluding hydrogens is 378 g/mol. The summed E-state index contributed by atoms with van der Waals surface area (Å²) in [6, 6.07) is 1.89. The Kier molecular flexibility index (Phi) is 5.41. The molecule has 1 amide bonds. The highest BCUT2D eigenvalue weighted by Gasteiger charge is 2.34. The van der Waals surface area contributed by atoms with E-state index in [-0.39, 0.29) is 16.6 Å². The number of hydrogen-bond donors (Lipinski definition) is 1. The molecule has 2 aromatic rings. The first-order chi connectivity index (χ1) is 11.9. The molecule has 0 fully saturated rings. The van der Waals surface area contributed by atoms with E-state index in [1.54, 1.807) is 13.8 Å². The van der Waals surface area contributed by atoms with E-state index < -0.39 is 40.3 Å². The molecule has 140 valence electrons. The number of amides is 1. The van der Waals surface area contributed by atoms with Crippen molar-refractivity contribution in [2.24, 2.45) is 7.05 Å². The maximum Gasteiger partial charge on any atom is 0.433 e. The molecule has 0 saturated heterocycles. The van der Waals surface area contributed by atoms with Gasteiger partial charge in [0.2, 0.25) is 5.43 Å². The topological polar surface area (TPSA) is 64.0 Å². The fraction of sp³-hybridized carbons (Fsp3) is 0.312. The van der Waals surface area contributed by atoms with Crippen molar-refractivity contribution in [2.45, 2.75) is 26.1 Å². The molecule has 0 bridgehead atoms. The van der Waals surface area contributed by atoms with Crippen LogP contribution in [-0.2, 0) is 13.2 Å². The van der Waals surface area contributed by atoms with Crippen molar-refractivity contribution in [1.82, 2.24) is 15.1 Å². The van der Waals surface area contributed by atoms with Gasteiger partial charge in [-0.25, -0.2) is 4.39 Å². The molecule has 0 radical (unpaired) electrons. The number of aromatic nitrogens is 2. The SMILES string of the molecule is CC(C)NC(=O)c1cc(-c2nn(C)c(C(F)(F)F)cc2=O)c(F)cc1Cl. The molecule has 0 spiro atoms. The van der Waals surface area contributed by atoms with Crippen LogP contribution in [0, 0.1) is 5.82 Å². The van der Waals surface area contributed by atoms with Gasteiger partial charge in [0.25, 0.3) is 5.91 Å². The third kappa shape index (κ3) is 4.04. The molecule has 0 aliphatic heterocycles. The van der Waals surface area contributed by atoms with Crippen LogP contribution in [0.3, 0.4) is 0 Å². The van der Waals surface area contributed by atoms with E-state index in [2.05, 4.69) is 10.4 Å². The maximum absolute atomic E-state index is 14.3. The Morgan fingerprint density at radius 1 is 1.27 bits per heavy atom. The molecule has 5 nitrogen and oxygen atoms in total. The lowest BCUT2D eigenvalue weighted by Gasteiger charge is -2.14. The van der Waals surface area contributed by atoms with E-state index in [0.717, 1.165) is 19.2 Å². The van der Waals surface area contributed by atoms with Crippen molar-refractivity contribution in [3.05, 3.63) is 50.5 Å². The third-order valence-electron chi connectivity index (χ3n) is 3.37. The first kappa shape index (κ1) is 19.9. The van der Waals surface area contributed by atoms with Crippen molar-refractivity contribution >= 4 is 17.5 Å². The molecule has 1 heterocycles. The molecule has 10 heteroatoms. The molecule has 2 rings (SSSR count). The second-order valence-electron chi connectivity index (χ2n) is 5.80. The maximum atomic E-state index is 14.3. The summed E-state index contributed by atoms with van der Waals surface area (Å²) < 4.78 is 53.2. The summed E-state index contributed by atoms with van der Waals surface area (Å²) in [5.41, 5.74) is -3.52. The van der Waals surface area contributed by atoms with Crippen LogP contribution in [0.5, 0.6) is 0 Å². The number of nitrogens with zero attached hydrogens (tertiary/aromatic N) is 2. The third-order valence-corrected chi connectivity index (χ3v) is 3.68. The predicted molar refractivity (Wildman–Crippen MR) is 87.5 cm³/mol. The van der Waals surface area contributed by atoms with Crippen molar-refractivity contribution in [1.29, 1.82) is 0 Å². The van der Waals surface area contributed by atoms with Crippen LogP contribution in [-0.4, -0.2) is 21.7 Å². The number of aryl methyl sites for hydroxylation is 1. The van der Waals surface area contributed by atoms with Crippen molar-refractivity contribution in [3.63, 3.8) is 0 Å². The Morgan fingerprint density at radius 2 is 1.88 bits per heavy atom. The molecule has 1 aromatic heterocycles. The Balaban J connectivity index is 2.64. The standard InChI is InChI=1S/C16H14ClF4N3O2/c1-7(2)22-15(26)8-4-9(11(18)5-10(8)17)14-12(25)6-13(16(19,20)21)24(3)23-14/h4-7H,1-3H3,(H,22,26). The molecule has 0 aliphatic rings. The predicted octanol–water partition coefficient (Wildman–Crippen LogP) is 3.40. The number of halogens is 5. The van der Waals surface area contributed by atoms with Crippen LogP contribution in [0.2, 0.25) is 5.02 Å². The highest BCUT2D eigenvalue weighted by molar-refractivity contribution is 6.34. The molecule has 0 saturated carbocycles. The molecule has 1 N–H and O–H groups in total. The Labute approximate surface area is 150 Å². The molecule has 1 aromatic carbocycles. The lowest BCUT2D eigenvalue weighted by Crippen LogP contribution is -2.30. The zero-order chi connectivity index (χ0) is 19.8. The van der Waals surface area contributed by atoms with E-state index in [9.17, 15) is 27.2 Å². The van der Waals surface area contributed by atoms with Crippen LogP contribution < -0.4 is 10.7 Å². The lowest BCUT2D eigenvalue weighted by atomic mass is 10.1. The van der Waals surface area contributed by atoms with Gasteiger partial charge in [-0.15, -0.1) is 0 Å². The molecule has 26 heavy (non-hydrogen) atoms. The van der Waals surface area contributed by atoms with Gasteiger partial charge in [-0.3, -0.25) is 14.3 Å². The van der Waals surface area contributed by atoms with Crippen LogP contribution in [0.25, 0.3) is 11.3 Å². The normalized spacial score (nSPS) is 11.7. The Bertz CT molecular complexity index is 923. The van der Waals surface area contributed by atoms with Crippen LogP contribution >= 0.6 is 11.6 Å². The van der Waals surface area contributed by atoms with Crippen LogP contribution in [0.1, 0.15) is 29.9 Å². The summed E-state index contributed by atoms with van der Waals surface area (Å²) in [5, 5.41) is 5.88. The zero-order valence-corrected chi connectivity index (χ0v) is 14.7. The number of carbonyl (C=O) groups excluding carboxylic acids is 1. The summed E-state index contributed by atoms with van der Waals surface area (Å²) in [6.07, 6.45) is -4.79. The summed E-state index contributed by atoms with van der Waals surface area (Å²) >= 11 is 5.87. The molecule has 0 unspecified atom stereocenters. The van der Waals surface area contributed by atoms with Crippen molar-refractivity contribution in [3.8, 4) is 11.3 Å². The summed E-state index contributed by atoms with van der Waals surface area (Å²) in [4.78, 5) is 24.2. The summed E-state index contributed by atoms with van der Waals surface area (Å²) in [6.45, 7) is 3.40. The van der Waals surface area contributed by atoms with Gasteiger partial charge in [-0.1, -0.05) is 11.6 Å². The van der Waals surface area contributed by atoms with Gasteiger partial charge in [0.05, 0.1) is 10.6 Å². The zero-order valence-electron chi connectivity index (χ0n) is 13.9. The van der Waals surface area contributed by atoms with Crippen LogP contribution in [0.4, 0.5) is 17.6 Å². The largest absolute Gasteiger partial charge is 0.433 e. The van der Waals surface area contributed by atoms with Gasteiger partial charge >= 0.3 is 6.18 Å². The fourth-order valence-electron chi connectivity index (χ4n) is 2.24. The summed E-state index contributed by atoms with van der Waals surface area (Å²) in [7, 11) is 0.978. The molecular formula is C16H14ClF4N3O2. The number of alkyl halides is 3. The van der Waals surface area contributed by atoms with E-state index in [4.69, 9.17) is 11.6 Å². The van der Waals surface area contributed by atoms with Crippen molar-refractivity contribution < 1.29 is 22.4 Å². The van der Waals surface area contributed by atoms with E-state index in [0.29, 0.717) is 10.7 Å². The van der Waals surface area contributed by atoms with Gasteiger partial charge in [0, 0.05) is 24.7 Å². The number of hydrogen-bond acceptors (Lipinski definition) is 3. The fourth-order valence-corrected chi connectivity index (χ4v) is 2.47. The molecule has 0 aliphatic carbocycles. The molecule has 0 atom stereocenters. The van der Waals surface area contributed by atoms with E-state index in [1.807, 2.05) is 0 Å². The van der Waals surface area contributed by atoms with Gasteiger partial charge in [0.1, 0.15) is 17.2 Å². The van der Waals surface area contributed by atoms with E-state index in [1.165, 1.54) is 0 Å². The number of rotatable bonds is 3. The van der Waals surface area contributed by atoms with Gasteiger partial charge < -0.3 is 5.32 Å². The number of carbonyl (C=O) groups is 1. The smallest absolute Gasteiger partial charge is 0.350 e. The quantitative estimate of drug-likeness (QED) is 0.816. The highest BCUT2D eigenvalue weighted by atomic mass is 35.5. The number of benzene rings is 1. The summed E-state index contributed by atoms with van der Waals surface area (Å²) in [5.74, 6) is -1.60. The van der Waals surface area contributed by atoms with Crippen molar-refractivity contribution in [2.75, 3.05) is 0 Å². The first-order valence-electron chi connectivity index (χ1n) is 7.37. The van der Waals surface area contributed by atoms with Gasteiger partial charge in [0.15, 0.2) is 0 Å². The van der Waals surface area contributed by atoms with Crippen LogP contribution in [0.15, 0.2) is 23.0 Å². The highest BCUT2D eigenvalue weighted by Crippen LogP contribution is 2.30. The minimum atomic E-state index is -4.79. The monoisotopic (exact) mass is 391 g/mol. The van der Waals surface area contributed by atoms with E-state index >= 15 is 0 Å². The Hall–Kier alpha value is -2.42. The lowest BCUT2D eigenvalue weighted by molar-refractivity contribution is -0.144. The average molecular weight is 392 g/mol. The first-order valence-corrected chi connectivity index (χ1v) is 7.75. The van der Waals surface area contributed by atoms with Gasteiger partial charge in [-0.2, -0.15) is 18.3 Å². The average Bonchev–Trinajstić information content (AvgIpc) is 2.47.